The molecule has 70 valence electrons. The summed E-state index contributed by atoms with van der Waals surface area (Å²) >= 11 is 5.52. The van der Waals surface area contributed by atoms with Crippen LogP contribution >= 0.6 is 11.6 Å². The van der Waals surface area contributed by atoms with Gasteiger partial charge in [-0.3, -0.25) is 0 Å². The molecule has 0 saturated carbocycles. The average molecular weight is 198 g/mol. The van der Waals surface area contributed by atoms with E-state index in [-0.39, 0.29) is 0 Å². The van der Waals surface area contributed by atoms with Crippen LogP contribution in [0.25, 0.3) is 0 Å². The molecule has 0 unspecified atom stereocenters. The van der Waals surface area contributed by atoms with Gasteiger partial charge in [0.05, 0.1) is 0 Å². The molecule has 13 heavy (non-hydrogen) atoms. The lowest BCUT2D eigenvalue weighted by Gasteiger charge is -1.93. The molecule has 0 N–H and O–H groups in total. The molecular weight excluding hydrogens is 186 g/mol. The third kappa shape index (κ3) is 3.08. The third-order valence-corrected chi connectivity index (χ3v) is 1.82. The Morgan fingerprint density at radius 2 is 2.46 bits per heavy atom. The summed E-state index contributed by atoms with van der Waals surface area (Å²) in [5.74, 6) is 7.36. The van der Waals surface area contributed by atoms with Crippen LogP contribution < -0.4 is 0 Å². The van der Waals surface area contributed by atoms with Crippen molar-refractivity contribution in [2.45, 2.75) is 26.3 Å². The van der Waals surface area contributed by atoms with Crippen LogP contribution in [0, 0.1) is 11.8 Å². The second-order valence-electron chi connectivity index (χ2n) is 2.49. The van der Waals surface area contributed by atoms with Gasteiger partial charge in [-0.1, -0.05) is 5.92 Å². The summed E-state index contributed by atoms with van der Waals surface area (Å²) < 4.78 is 1.77. The SMILES string of the molecule is CCn1ncnc1C#CCCCCl. The van der Waals surface area contributed by atoms with E-state index in [1.54, 1.807) is 4.68 Å². The maximum absolute atomic E-state index is 5.52. The quantitative estimate of drug-likeness (QED) is 0.419. The summed E-state index contributed by atoms with van der Waals surface area (Å²) in [6.45, 7) is 2.82. The van der Waals surface area contributed by atoms with E-state index in [4.69, 9.17) is 11.6 Å². The zero-order chi connectivity index (χ0) is 9.52. The van der Waals surface area contributed by atoms with Crippen molar-refractivity contribution in [2.75, 3.05) is 5.88 Å². The molecule has 0 amide bonds. The fourth-order valence-corrected chi connectivity index (χ4v) is 1.02. The minimum absolute atomic E-state index is 0.662. The van der Waals surface area contributed by atoms with Gasteiger partial charge in [0.25, 0.3) is 0 Å². The molecule has 0 aromatic carbocycles. The Morgan fingerprint density at radius 3 is 3.15 bits per heavy atom. The smallest absolute Gasteiger partial charge is 0.203 e. The maximum atomic E-state index is 5.52. The van der Waals surface area contributed by atoms with E-state index in [0.717, 1.165) is 25.2 Å². The summed E-state index contributed by atoms with van der Waals surface area (Å²) in [6.07, 6.45) is 3.27. The predicted octanol–water partition coefficient (Wildman–Crippen LogP) is 1.67. The molecule has 0 atom stereocenters. The van der Waals surface area contributed by atoms with Crippen LogP contribution in [0.1, 0.15) is 25.6 Å². The fourth-order valence-electron chi connectivity index (χ4n) is 0.889. The second-order valence-corrected chi connectivity index (χ2v) is 2.87. The van der Waals surface area contributed by atoms with Gasteiger partial charge in [-0.05, 0) is 19.3 Å². The number of alkyl halides is 1. The lowest BCUT2D eigenvalue weighted by Crippen LogP contribution is -1.99. The van der Waals surface area contributed by atoms with Crippen LogP contribution in [0.2, 0.25) is 0 Å². The van der Waals surface area contributed by atoms with E-state index in [1.807, 2.05) is 6.92 Å². The lowest BCUT2D eigenvalue weighted by molar-refractivity contribution is 0.649. The highest BCUT2D eigenvalue weighted by molar-refractivity contribution is 6.17. The van der Waals surface area contributed by atoms with Crippen LogP contribution in [0.3, 0.4) is 0 Å². The van der Waals surface area contributed by atoms with Gasteiger partial charge < -0.3 is 0 Å². The Hall–Kier alpha value is -1.01. The van der Waals surface area contributed by atoms with Crippen LogP contribution in [0.5, 0.6) is 0 Å². The summed E-state index contributed by atoms with van der Waals surface area (Å²) in [5.41, 5.74) is 0. The first-order chi connectivity index (χ1) is 6.38. The van der Waals surface area contributed by atoms with Gasteiger partial charge in [0.1, 0.15) is 6.33 Å². The molecule has 1 aromatic rings. The van der Waals surface area contributed by atoms with Crippen LogP contribution in [-0.4, -0.2) is 20.6 Å². The van der Waals surface area contributed by atoms with Crippen LogP contribution in [-0.2, 0) is 6.54 Å². The Balaban J connectivity index is 2.55. The Labute approximate surface area is 83.1 Å². The van der Waals surface area contributed by atoms with Gasteiger partial charge in [0.2, 0.25) is 5.82 Å². The van der Waals surface area contributed by atoms with Crippen molar-refractivity contribution in [2.24, 2.45) is 0 Å². The molecule has 0 aliphatic heterocycles. The van der Waals surface area contributed by atoms with Crippen molar-refractivity contribution in [3.05, 3.63) is 12.2 Å². The average Bonchev–Trinajstić information content (AvgIpc) is 2.60. The molecule has 0 radical (unpaired) electrons. The minimum Gasteiger partial charge on any atom is -0.239 e. The largest absolute Gasteiger partial charge is 0.239 e. The summed E-state index contributed by atoms with van der Waals surface area (Å²) in [6, 6.07) is 0. The van der Waals surface area contributed by atoms with Crippen molar-refractivity contribution in [1.29, 1.82) is 0 Å². The van der Waals surface area contributed by atoms with E-state index in [0.29, 0.717) is 5.88 Å². The number of hydrogen-bond donors (Lipinski definition) is 0. The standard InChI is InChI=1S/C9H12ClN3/c1-2-13-9(11-8-12-13)6-4-3-5-7-10/h8H,2-3,5,7H2,1H3. The van der Waals surface area contributed by atoms with Crippen molar-refractivity contribution >= 4 is 11.6 Å². The monoisotopic (exact) mass is 197 g/mol. The zero-order valence-electron chi connectivity index (χ0n) is 7.63. The summed E-state index contributed by atoms with van der Waals surface area (Å²) in [4.78, 5) is 4.03. The Kier molecular flexibility index (Phi) is 4.34. The van der Waals surface area contributed by atoms with Gasteiger partial charge in [-0.15, -0.1) is 11.6 Å². The number of aryl methyl sites for hydroxylation is 1. The van der Waals surface area contributed by atoms with Gasteiger partial charge in [0, 0.05) is 18.8 Å². The van der Waals surface area contributed by atoms with Crippen molar-refractivity contribution < 1.29 is 0 Å². The molecule has 0 aliphatic rings. The zero-order valence-corrected chi connectivity index (χ0v) is 8.38. The first kappa shape index (κ1) is 10.1. The fraction of sp³-hybridized carbons (Fsp3) is 0.556. The first-order valence-corrected chi connectivity index (χ1v) is 4.84. The topological polar surface area (TPSA) is 30.7 Å². The number of rotatable bonds is 3. The molecular formula is C9H12ClN3. The highest BCUT2D eigenvalue weighted by Gasteiger charge is 1.95. The highest BCUT2D eigenvalue weighted by Crippen LogP contribution is 1.93. The van der Waals surface area contributed by atoms with Gasteiger partial charge in [0.15, 0.2) is 0 Å². The Bertz CT molecular complexity index is 308. The molecule has 0 bridgehead atoms. The number of nitrogens with zero attached hydrogens (tertiary/aromatic N) is 3. The number of aromatic nitrogens is 3. The molecule has 1 heterocycles. The lowest BCUT2D eigenvalue weighted by atomic mass is 10.3. The summed E-state index contributed by atoms with van der Waals surface area (Å²) in [5, 5.41) is 4.01. The Morgan fingerprint density at radius 1 is 1.62 bits per heavy atom. The first-order valence-electron chi connectivity index (χ1n) is 4.31. The van der Waals surface area contributed by atoms with E-state index >= 15 is 0 Å². The number of hydrogen-bond acceptors (Lipinski definition) is 2. The summed E-state index contributed by atoms with van der Waals surface area (Å²) in [7, 11) is 0. The molecule has 0 saturated heterocycles. The van der Waals surface area contributed by atoms with Crippen molar-refractivity contribution in [1.82, 2.24) is 14.8 Å². The van der Waals surface area contributed by atoms with E-state index in [9.17, 15) is 0 Å². The molecule has 1 aromatic heterocycles. The highest BCUT2D eigenvalue weighted by atomic mass is 35.5. The third-order valence-electron chi connectivity index (χ3n) is 1.55. The molecule has 3 nitrogen and oxygen atoms in total. The predicted molar refractivity (Wildman–Crippen MR) is 52.5 cm³/mol. The minimum atomic E-state index is 0.662. The number of unbranched alkanes of at least 4 members (excludes halogenated alkanes) is 1. The molecule has 0 aliphatic carbocycles. The molecule has 0 fully saturated rings. The van der Waals surface area contributed by atoms with E-state index in [1.165, 1.54) is 6.33 Å². The normalized spacial score (nSPS) is 9.38. The van der Waals surface area contributed by atoms with Crippen LogP contribution in [0.4, 0.5) is 0 Å². The molecule has 0 spiro atoms. The van der Waals surface area contributed by atoms with Crippen molar-refractivity contribution in [3.63, 3.8) is 0 Å². The molecule has 4 heteroatoms. The maximum Gasteiger partial charge on any atom is 0.203 e. The van der Waals surface area contributed by atoms with Crippen LogP contribution in [0.15, 0.2) is 6.33 Å². The van der Waals surface area contributed by atoms with Crippen molar-refractivity contribution in [3.8, 4) is 11.8 Å². The molecule has 1 rings (SSSR count). The van der Waals surface area contributed by atoms with Gasteiger partial charge in [-0.2, -0.15) is 5.10 Å². The van der Waals surface area contributed by atoms with E-state index < -0.39 is 0 Å². The second kappa shape index (κ2) is 5.60. The van der Waals surface area contributed by atoms with Gasteiger partial charge in [-0.25, -0.2) is 9.67 Å². The van der Waals surface area contributed by atoms with Gasteiger partial charge >= 0.3 is 0 Å². The number of halogens is 1. The van der Waals surface area contributed by atoms with E-state index in [2.05, 4.69) is 21.9 Å².